The van der Waals surface area contributed by atoms with Crippen molar-refractivity contribution in [2.45, 2.75) is 57.8 Å². The van der Waals surface area contributed by atoms with Gasteiger partial charge in [-0.3, -0.25) is 5.43 Å². The zero-order valence-electron chi connectivity index (χ0n) is 22.8. The number of anilines is 2. The fourth-order valence-electron chi connectivity index (χ4n) is 4.50. The molecule has 0 amide bonds. The van der Waals surface area contributed by atoms with Gasteiger partial charge in [0, 0.05) is 36.1 Å². The van der Waals surface area contributed by atoms with E-state index in [0.29, 0.717) is 24.9 Å². The summed E-state index contributed by atoms with van der Waals surface area (Å²) in [6.07, 6.45) is 8.40. The summed E-state index contributed by atoms with van der Waals surface area (Å²) in [5.41, 5.74) is 5.32. The van der Waals surface area contributed by atoms with E-state index in [2.05, 4.69) is 74.5 Å². The van der Waals surface area contributed by atoms with Gasteiger partial charge in [0.2, 0.25) is 0 Å². The van der Waals surface area contributed by atoms with Crippen LogP contribution in [0.25, 0.3) is 0 Å². The molecule has 3 aromatic rings. The molecule has 202 valence electrons. The van der Waals surface area contributed by atoms with Crippen LogP contribution in [0.4, 0.5) is 11.6 Å². The number of nitrogens with zero attached hydrogens (tertiary/aromatic N) is 4. The maximum Gasteiger partial charge on any atom is 0.152 e. The largest absolute Gasteiger partial charge is 0.490 e. The van der Waals surface area contributed by atoms with Crippen molar-refractivity contribution in [3.63, 3.8) is 0 Å². The Bertz CT molecular complexity index is 1180. The maximum atomic E-state index is 6.04. The van der Waals surface area contributed by atoms with E-state index in [-0.39, 0.29) is 5.92 Å². The molecule has 1 heterocycles. The van der Waals surface area contributed by atoms with Crippen LogP contribution < -0.4 is 19.8 Å². The Kier molecular flexibility index (Phi) is 9.98. The highest BCUT2D eigenvalue weighted by Gasteiger charge is 2.15. The van der Waals surface area contributed by atoms with E-state index in [9.17, 15) is 0 Å². The van der Waals surface area contributed by atoms with Crippen molar-refractivity contribution in [1.82, 2.24) is 9.97 Å². The van der Waals surface area contributed by atoms with Crippen LogP contribution in [0.3, 0.4) is 0 Å². The summed E-state index contributed by atoms with van der Waals surface area (Å²) in [5.74, 6) is 4.76. The molecule has 8 heteroatoms. The molecule has 38 heavy (non-hydrogen) atoms. The van der Waals surface area contributed by atoms with Crippen LogP contribution in [0.5, 0.6) is 11.5 Å². The molecule has 0 bridgehead atoms. The molecule has 1 aliphatic rings. The lowest BCUT2D eigenvalue weighted by Crippen LogP contribution is -2.14. The van der Waals surface area contributed by atoms with Crippen LogP contribution in [0, 0.1) is 0 Å². The lowest BCUT2D eigenvalue weighted by molar-refractivity contribution is 0.217. The predicted molar refractivity (Wildman–Crippen MR) is 159 cm³/mol. The van der Waals surface area contributed by atoms with Gasteiger partial charge in [-0.05, 0) is 54.7 Å². The average molecular weight is 581 g/mol. The lowest BCUT2D eigenvalue weighted by Gasteiger charge is -2.22. The van der Waals surface area contributed by atoms with Crippen LogP contribution in [-0.2, 0) is 0 Å². The van der Waals surface area contributed by atoms with Crippen LogP contribution >= 0.6 is 15.9 Å². The minimum Gasteiger partial charge on any atom is -0.490 e. The van der Waals surface area contributed by atoms with Crippen LogP contribution in [-0.4, -0.2) is 43.5 Å². The summed E-state index contributed by atoms with van der Waals surface area (Å²) < 4.78 is 12.9. The second-order valence-corrected chi connectivity index (χ2v) is 11.1. The molecule has 7 nitrogen and oxygen atoms in total. The van der Waals surface area contributed by atoms with Gasteiger partial charge in [0.1, 0.15) is 36.4 Å². The molecule has 1 fully saturated rings. The molecule has 0 spiro atoms. The second-order valence-electron chi connectivity index (χ2n) is 10.2. The van der Waals surface area contributed by atoms with Crippen molar-refractivity contribution in [2.75, 3.05) is 37.6 Å². The van der Waals surface area contributed by atoms with Crippen LogP contribution in [0.15, 0.2) is 58.1 Å². The van der Waals surface area contributed by atoms with Crippen molar-refractivity contribution in [1.29, 1.82) is 0 Å². The minimum absolute atomic E-state index is 0.210. The number of benzene rings is 2. The van der Waals surface area contributed by atoms with Crippen LogP contribution in [0.2, 0.25) is 0 Å². The Labute approximate surface area is 234 Å². The summed E-state index contributed by atoms with van der Waals surface area (Å²) in [6.45, 7) is 5.03. The van der Waals surface area contributed by atoms with Crippen molar-refractivity contribution < 1.29 is 9.47 Å². The van der Waals surface area contributed by atoms with Gasteiger partial charge in [-0.25, -0.2) is 9.97 Å². The quantitative estimate of drug-likeness (QED) is 0.145. The van der Waals surface area contributed by atoms with Gasteiger partial charge in [0.15, 0.2) is 5.82 Å². The highest BCUT2D eigenvalue weighted by molar-refractivity contribution is 9.10. The Morgan fingerprint density at radius 2 is 1.74 bits per heavy atom. The zero-order valence-corrected chi connectivity index (χ0v) is 24.4. The lowest BCUT2D eigenvalue weighted by atomic mass is 9.84. The third-order valence-electron chi connectivity index (χ3n) is 6.63. The molecule has 2 aromatic carbocycles. The number of ether oxygens (including phenoxy) is 2. The summed E-state index contributed by atoms with van der Waals surface area (Å²) in [5, 5.41) is 4.42. The van der Waals surface area contributed by atoms with E-state index >= 15 is 0 Å². The number of rotatable bonds is 11. The standard InChI is InChI=1S/C30H38BrN5O2/c1-21(2)30-33-28(19-29(34-30)36(3)4)35-32-20-24-18-25(31)12-15-27(24)38-17-16-37-26-13-10-23(11-14-26)22-8-6-5-7-9-22/h10-15,18-22H,5-9,16-17H2,1-4H3,(H,33,34,35)/b32-20+. The Morgan fingerprint density at radius 3 is 2.45 bits per heavy atom. The number of halogens is 1. The Morgan fingerprint density at radius 1 is 1.00 bits per heavy atom. The first-order valence-electron chi connectivity index (χ1n) is 13.4. The van der Waals surface area contributed by atoms with Crippen molar-refractivity contribution in [3.05, 3.63) is 70.0 Å². The smallest absolute Gasteiger partial charge is 0.152 e. The van der Waals surface area contributed by atoms with Gasteiger partial charge < -0.3 is 14.4 Å². The van der Waals surface area contributed by atoms with E-state index in [0.717, 1.165) is 33.2 Å². The fourth-order valence-corrected chi connectivity index (χ4v) is 4.88. The fraction of sp³-hybridized carbons (Fsp3) is 0.433. The second kappa shape index (κ2) is 13.6. The molecule has 1 saturated carbocycles. The average Bonchev–Trinajstić information content (AvgIpc) is 2.92. The Hall–Kier alpha value is -3.13. The summed E-state index contributed by atoms with van der Waals surface area (Å²) in [7, 11) is 3.92. The number of hydrogen-bond acceptors (Lipinski definition) is 7. The first kappa shape index (κ1) is 27.9. The number of hydrazone groups is 1. The molecule has 1 aliphatic carbocycles. The summed E-state index contributed by atoms with van der Waals surface area (Å²) in [4.78, 5) is 11.1. The highest BCUT2D eigenvalue weighted by Crippen LogP contribution is 2.33. The van der Waals surface area contributed by atoms with E-state index < -0.39 is 0 Å². The van der Waals surface area contributed by atoms with Crippen LogP contribution in [0.1, 0.15) is 74.7 Å². The first-order chi connectivity index (χ1) is 18.4. The minimum atomic E-state index is 0.210. The molecule has 1 aromatic heterocycles. The summed E-state index contributed by atoms with van der Waals surface area (Å²) >= 11 is 3.54. The van der Waals surface area contributed by atoms with Gasteiger partial charge in [-0.15, -0.1) is 0 Å². The first-order valence-corrected chi connectivity index (χ1v) is 14.2. The van der Waals surface area contributed by atoms with Gasteiger partial charge in [-0.1, -0.05) is 61.2 Å². The molecule has 0 unspecified atom stereocenters. The SMILES string of the molecule is CC(C)c1nc(N/N=C/c2cc(Br)ccc2OCCOc2ccc(C3CCCCC3)cc2)cc(N(C)C)n1. The van der Waals surface area contributed by atoms with E-state index in [1.165, 1.54) is 37.7 Å². The molecule has 0 atom stereocenters. The van der Waals surface area contributed by atoms with Gasteiger partial charge in [0.05, 0.1) is 6.21 Å². The molecule has 4 rings (SSSR count). The Balaban J connectivity index is 1.33. The van der Waals surface area contributed by atoms with E-state index in [1.807, 2.05) is 43.3 Å². The van der Waals surface area contributed by atoms with E-state index in [4.69, 9.17) is 9.47 Å². The van der Waals surface area contributed by atoms with Crippen molar-refractivity contribution >= 4 is 33.8 Å². The van der Waals surface area contributed by atoms with Gasteiger partial charge in [-0.2, -0.15) is 5.10 Å². The molecule has 0 aliphatic heterocycles. The highest BCUT2D eigenvalue weighted by atomic mass is 79.9. The number of hydrogen-bond donors (Lipinski definition) is 1. The maximum absolute atomic E-state index is 6.04. The van der Waals surface area contributed by atoms with E-state index in [1.54, 1.807) is 6.21 Å². The number of aromatic nitrogens is 2. The molecule has 1 N–H and O–H groups in total. The number of nitrogens with one attached hydrogen (secondary N) is 1. The predicted octanol–water partition coefficient (Wildman–Crippen LogP) is 7.38. The third-order valence-corrected chi connectivity index (χ3v) is 7.12. The van der Waals surface area contributed by atoms with Crippen molar-refractivity contribution in [2.24, 2.45) is 5.10 Å². The van der Waals surface area contributed by atoms with Gasteiger partial charge in [0.25, 0.3) is 0 Å². The van der Waals surface area contributed by atoms with Gasteiger partial charge >= 0.3 is 0 Å². The molecular formula is C30H38BrN5O2. The molecule has 0 saturated heterocycles. The zero-order chi connectivity index (χ0) is 26.9. The molecular weight excluding hydrogens is 542 g/mol. The topological polar surface area (TPSA) is 71.9 Å². The van der Waals surface area contributed by atoms with Crippen molar-refractivity contribution in [3.8, 4) is 11.5 Å². The summed E-state index contributed by atoms with van der Waals surface area (Å²) in [6, 6.07) is 16.3. The normalized spacial score (nSPS) is 14.2. The monoisotopic (exact) mass is 579 g/mol. The molecule has 0 radical (unpaired) electrons. The third kappa shape index (κ3) is 7.93.